The average Bonchev–Trinajstić information content (AvgIpc) is 2.40. The van der Waals surface area contributed by atoms with Gasteiger partial charge in [0.15, 0.2) is 0 Å². The number of nitrogens with two attached hydrogens (primary N) is 1. The lowest BCUT2D eigenvalue weighted by atomic mass is 9.93. The number of esters is 1. The van der Waals surface area contributed by atoms with E-state index in [-0.39, 0.29) is 5.97 Å². The van der Waals surface area contributed by atoms with Crippen LogP contribution in [-0.4, -0.2) is 12.6 Å². The highest BCUT2D eigenvalue weighted by Gasteiger charge is 2.32. The van der Waals surface area contributed by atoms with E-state index in [1.807, 2.05) is 30.3 Å². The molecule has 0 aliphatic heterocycles. The Morgan fingerprint density at radius 2 is 1.83 bits per heavy atom. The molecule has 1 rings (SSSR count). The highest BCUT2D eigenvalue weighted by Crippen LogP contribution is 2.20. The molecular weight excluding hydrogens is 226 g/mol. The lowest BCUT2D eigenvalue weighted by Gasteiger charge is -2.24. The molecule has 0 bridgehead atoms. The highest BCUT2D eigenvalue weighted by molar-refractivity contribution is 5.81. The van der Waals surface area contributed by atoms with Crippen LogP contribution in [0.2, 0.25) is 0 Å². The quantitative estimate of drug-likeness (QED) is 0.789. The van der Waals surface area contributed by atoms with E-state index in [0.717, 1.165) is 18.4 Å². The largest absolute Gasteiger partial charge is 0.464 e. The first-order valence-electron chi connectivity index (χ1n) is 6.54. The van der Waals surface area contributed by atoms with Crippen LogP contribution in [0.5, 0.6) is 0 Å². The van der Waals surface area contributed by atoms with Gasteiger partial charge in [-0.3, -0.25) is 0 Å². The van der Waals surface area contributed by atoms with E-state index in [1.54, 1.807) is 6.92 Å². The fourth-order valence-corrected chi connectivity index (χ4v) is 1.77. The van der Waals surface area contributed by atoms with Gasteiger partial charge in [0.05, 0.1) is 6.61 Å². The van der Waals surface area contributed by atoms with Gasteiger partial charge in [0.2, 0.25) is 0 Å². The van der Waals surface area contributed by atoms with Gasteiger partial charge in [-0.25, -0.2) is 4.79 Å². The summed E-state index contributed by atoms with van der Waals surface area (Å²) in [7, 11) is 0. The Morgan fingerprint density at radius 1 is 1.28 bits per heavy atom. The molecule has 0 saturated heterocycles. The number of carbonyl (C=O) groups is 1. The summed E-state index contributed by atoms with van der Waals surface area (Å²) in [6, 6.07) is 9.33. The molecule has 0 spiro atoms. The van der Waals surface area contributed by atoms with E-state index >= 15 is 0 Å². The van der Waals surface area contributed by atoms with E-state index in [1.165, 1.54) is 0 Å². The third kappa shape index (κ3) is 3.57. The summed E-state index contributed by atoms with van der Waals surface area (Å²) in [5.41, 5.74) is 5.78. The summed E-state index contributed by atoms with van der Waals surface area (Å²) in [5, 5.41) is 0. The minimum atomic E-state index is -1.08. The van der Waals surface area contributed by atoms with Gasteiger partial charge in [-0.1, -0.05) is 57.0 Å². The summed E-state index contributed by atoms with van der Waals surface area (Å²) in [5.74, 6) is 0.0566. The zero-order chi connectivity index (χ0) is 13.6. The molecule has 0 aliphatic rings. The van der Waals surface area contributed by atoms with Gasteiger partial charge in [-0.05, 0) is 18.4 Å². The van der Waals surface area contributed by atoms with Crippen molar-refractivity contribution in [1.29, 1.82) is 0 Å². The lowest BCUT2D eigenvalue weighted by Crippen LogP contribution is -2.43. The Bertz CT molecular complexity index is 369. The molecule has 100 valence electrons. The maximum atomic E-state index is 12.1. The van der Waals surface area contributed by atoms with Crippen molar-refractivity contribution in [2.75, 3.05) is 6.61 Å². The molecule has 0 aliphatic carbocycles. The van der Waals surface area contributed by atoms with Crippen molar-refractivity contribution in [3.05, 3.63) is 35.9 Å². The minimum Gasteiger partial charge on any atom is -0.464 e. The molecule has 0 amide bonds. The smallest absolute Gasteiger partial charge is 0.330 e. The van der Waals surface area contributed by atoms with E-state index in [2.05, 4.69) is 13.8 Å². The first kappa shape index (κ1) is 14.7. The van der Waals surface area contributed by atoms with Gasteiger partial charge in [0.1, 0.15) is 5.54 Å². The fraction of sp³-hybridized carbons (Fsp3) is 0.533. The maximum Gasteiger partial charge on any atom is 0.330 e. The average molecular weight is 249 g/mol. The second-order valence-corrected chi connectivity index (χ2v) is 4.85. The van der Waals surface area contributed by atoms with Crippen LogP contribution in [0.25, 0.3) is 0 Å². The normalized spacial score (nSPS) is 14.3. The van der Waals surface area contributed by atoms with E-state index in [0.29, 0.717) is 12.5 Å². The van der Waals surface area contributed by atoms with Crippen molar-refractivity contribution < 1.29 is 9.53 Å². The molecule has 18 heavy (non-hydrogen) atoms. The predicted octanol–water partition coefficient (Wildman–Crippen LogP) is 2.84. The predicted molar refractivity (Wildman–Crippen MR) is 73.0 cm³/mol. The van der Waals surface area contributed by atoms with Crippen LogP contribution >= 0.6 is 0 Å². The van der Waals surface area contributed by atoms with Crippen LogP contribution in [0.4, 0.5) is 0 Å². The summed E-state index contributed by atoms with van der Waals surface area (Å²) in [4.78, 5) is 12.1. The van der Waals surface area contributed by atoms with Crippen molar-refractivity contribution in [2.24, 2.45) is 11.7 Å². The first-order valence-corrected chi connectivity index (χ1v) is 6.54. The van der Waals surface area contributed by atoms with Crippen LogP contribution < -0.4 is 5.73 Å². The van der Waals surface area contributed by atoms with Gasteiger partial charge in [0.25, 0.3) is 0 Å². The van der Waals surface area contributed by atoms with Crippen LogP contribution in [-0.2, 0) is 15.1 Å². The molecular formula is C15H23NO2. The van der Waals surface area contributed by atoms with E-state index in [4.69, 9.17) is 10.5 Å². The summed E-state index contributed by atoms with van der Waals surface area (Å²) in [6.45, 7) is 6.34. The summed E-state index contributed by atoms with van der Waals surface area (Å²) >= 11 is 0. The second kappa shape index (κ2) is 6.55. The fourth-order valence-electron chi connectivity index (χ4n) is 1.77. The van der Waals surface area contributed by atoms with Gasteiger partial charge in [0, 0.05) is 0 Å². The Morgan fingerprint density at radius 3 is 2.33 bits per heavy atom. The third-order valence-electron chi connectivity index (χ3n) is 3.40. The standard InChI is InChI=1S/C15H23NO2/c1-4-12(5-2)11-18-14(17)15(3,16)13-9-7-6-8-10-13/h6-10,12H,4-5,11,16H2,1-3H3. The molecule has 1 unspecified atom stereocenters. The van der Waals surface area contributed by atoms with Crippen LogP contribution in [0, 0.1) is 5.92 Å². The SMILES string of the molecule is CCC(CC)COC(=O)C(C)(N)c1ccccc1. The molecule has 3 heteroatoms. The Hall–Kier alpha value is -1.35. The van der Waals surface area contributed by atoms with Crippen molar-refractivity contribution in [2.45, 2.75) is 39.2 Å². The van der Waals surface area contributed by atoms with Crippen molar-refractivity contribution >= 4 is 5.97 Å². The van der Waals surface area contributed by atoms with Gasteiger partial charge in [-0.15, -0.1) is 0 Å². The minimum absolute atomic E-state index is 0.361. The topological polar surface area (TPSA) is 52.3 Å². The number of benzene rings is 1. The summed E-state index contributed by atoms with van der Waals surface area (Å²) in [6.07, 6.45) is 2.02. The molecule has 3 nitrogen and oxygen atoms in total. The Balaban J connectivity index is 2.66. The molecule has 0 aromatic heterocycles. The molecule has 1 aromatic rings. The second-order valence-electron chi connectivity index (χ2n) is 4.85. The van der Waals surface area contributed by atoms with Gasteiger partial charge in [-0.2, -0.15) is 0 Å². The van der Waals surface area contributed by atoms with Crippen molar-refractivity contribution in [1.82, 2.24) is 0 Å². The van der Waals surface area contributed by atoms with Crippen molar-refractivity contribution in [3.8, 4) is 0 Å². The lowest BCUT2D eigenvalue weighted by molar-refractivity contribution is -0.151. The molecule has 0 fully saturated rings. The third-order valence-corrected chi connectivity index (χ3v) is 3.40. The zero-order valence-corrected chi connectivity index (χ0v) is 11.5. The molecule has 1 aromatic carbocycles. The van der Waals surface area contributed by atoms with Crippen LogP contribution in [0.15, 0.2) is 30.3 Å². The monoisotopic (exact) mass is 249 g/mol. The number of ether oxygens (including phenoxy) is 1. The van der Waals surface area contributed by atoms with Crippen LogP contribution in [0.3, 0.4) is 0 Å². The Labute approximate surface area is 109 Å². The molecule has 0 saturated carbocycles. The molecule has 0 heterocycles. The Kier molecular flexibility index (Phi) is 5.35. The number of rotatable bonds is 6. The molecule has 2 N–H and O–H groups in total. The molecule has 1 atom stereocenters. The molecule has 0 radical (unpaired) electrons. The highest BCUT2D eigenvalue weighted by atomic mass is 16.5. The zero-order valence-electron chi connectivity index (χ0n) is 11.5. The van der Waals surface area contributed by atoms with Gasteiger partial charge < -0.3 is 10.5 Å². The summed E-state index contributed by atoms with van der Waals surface area (Å²) < 4.78 is 5.34. The van der Waals surface area contributed by atoms with Gasteiger partial charge >= 0.3 is 5.97 Å². The van der Waals surface area contributed by atoms with Crippen molar-refractivity contribution in [3.63, 3.8) is 0 Å². The number of carbonyl (C=O) groups excluding carboxylic acids is 1. The number of hydrogen-bond donors (Lipinski definition) is 1. The van der Waals surface area contributed by atoms with E-state index < -0.39 is 5.54 Å². The van der Waals surface area contributed by atoms with Crippen LogP contribution in [0.1, 0.15) is 39.2 Å². The maximum absolute atomic E-state index is 12.1. The first-order chi connectivity index (χ1) is 8.52. The number of hydrogen-bond acceptors (Lipinski definition) is 3. The van der Waals surface area contributed by atoms with E-state index in [9.17, 15) is 4.79 Å².